The van der Waals surface area contributed by atoms with E-state index in [2.05, 4.69) is 5.32 Å². The van der Waals surface area contributed by atoms with Gasteiger partial charge in [-0.15, -0.1) is 12.4 Å². The largest absolute Gasteiger partial charge is 0.330 e. The Morgan fingerprint density at radius 2 is 2.19 bits per heavy atom. The number of carbonyl (C=O) groups is 1. The molecule has 0 aromatic heterocycles. The molecule has 0 radical (unpaired) electrons. The summed E-state index contributed by atoms with van der Waals surface area (Å²) in [6.45, 7) is 4.04. The first kappa shape index (κ1) is 15.2. The highest BCUT2D eigenvalue weighted by Crippen LogP contribution is 2.19. The average molecular weight is 263 g/mol. The number of anilines is 1. The maximum atomic E-state index is 11.6. The van der Waals surface area contributed by atoms with Gasteiger partial charge >= 0.3 is 0 Å². The molecule has 0 fully saturated rings. The van der Waals surface area contributed by atoms with Gasteiger partial charge in [-0.2, -0.15) is 0 Å². The number of benzene rings is 1. The normalized spacial score (nSPS) is 11.5. The second-order valence-corrected chi connectivity index (χ2v) is 4.02. The molecule has 1 unspecified atom stereocenters. The van der Waals surface area contributed by atoms with E-state index in [1.165, 1.54) is 0 Å². The lowest BCUT2D eigenvalue weighted by Gasteiger charge is -2.12. The molecule has 0 aliphatic heterocycles. The highest BCUT2D eigenvalue weighted by Gasteiger charge is 2.11. The Morgan fingerprint density at radius 1 is 1.56 bits per heavy atom. The molecule has 1 aromatic carbocycles. The quantitative estimate of drug-likeness (QED) is 0.880. The topological polar surface area (TPSA) is 55.1 Å². The number of amides is 1. The number of nitrogens with two attached hydrogens (primary N) is 1. The van der Waals surface area contributed by atoms with Crippen LogP contribution in [0.2, 0.25) is 5.02 Å². The SMILES string of the molecule is Cc1cc(Cl)ccc1NC(=O)C(C)CN.Cl. The Bertz CT molecular complexity index is 369. The number of halogens is 2. The van der Waals surface area contributed by atoms with Crippen molar-refractivity contribution in [3.8, 4) is 0 Å². The molecule has 16 heavy (non-hydrogen) atoms. The van der Waals surface area contributed by atoms with Crippen LogP contribution < -0.4 is 11.1 Å². The summed E-state index contributed by atoms with van der Waals surface area (Å²) in [4.78, 5) is 11.6. The average Bonchev–Trinajstić information content (AvgIpc) is 2.20. The van der Waals surface area contributed by atoms with E-state index in [1.54, 1.807) is 19.1 Å². The zero-order chi connectivity index (χ0) is 11.4. The summed E-state index contributed by atoms with van der Waals surface area (Å²) in [6, 6.07) is 5.35. The van der Waals surface area contributed by atoms with Crippen molar-refractivity contribution in [1.29, 1.82) is 0 Å². The Morgan fingerprint density at radius 3 is 2.69 bits per heavy atom. The summed E-state index contributed by atoms with van der Waals surface area (Å²) in [5.74, 6) is -0.247. The number of hydrogen-bond acceptors (Lipinski definition) is 2. The molecule has 0 spiro atoms. The van der Waals surface area contributed by atoms with Crippen molar-refractivity contribution in [2.75, 3.05) is 11.9 Å². The van der Waals surface area contributed by atoms with Gasteiger partial charge in [0.15, 0.2) is 0 Å². The molecule has 0 heterocycles. The van der Waals surface area contributed by atoms with Crippen LogP contribution in [0.25, 0.3) is 0 Å². The molecular weight excluding hydrogens is 247 g/mol. The number of rotatable bonds is 3. The van der Waals surface area contributed by atoms with Crippen LogP contribution >= 0.6 is 24.0 Å². The third-order valence-electron chi connectivity index (χ3n) is 2.25. The van der Waals surface area contributed by atoms with Gasteiger partial charge in [-0.1, -0.05) is 18.5 Å². The van der Waals surface area contributed by atoms with Crippen LogP contribution in [0.1, 0.15) is 12.5 Å². The van der Waals surface area contributed by atoms with Crippen molar-refractivity contribution < 1.29 is 4.79 Å². The Labute approximate surface area is 107 Å². The van der Waals surface area contributed by atoms with Gasteiger partial charge in [0, 0.05) is 23.2 Å². The monoisotopic (exact) mass is 262 g/mol. The number of nitrogens with one attached hydrogen (secondary N) is 1. The van der Waals surface area contributed by atoms with Gasteiger partial charge in [-0.05, 0) is 30.7 Å². The van der Waals surface area contributed by atoms with Gasteiger partial charge in [0.25, 0.3) is 0 Å². The second-order valence-electron chi connectivity index (χ2n) is 3.59. The number of aryl methyl sites for hydroxylation is 1. The molecular formula is C11H16Cl2N2O. The van der Waals surface area contributed by atoms with E-state index in [1.807, 2.05) is 13.0 Å². The first-order valence-corrected chi connectivity index (χ1v) is 5.19. The third-order valence-corrected chi connectivity index (χ3v) is 2.48. The Hall–Kier alpha value is -0.770. The summed E-state index contributed by atoms with van der Waals surface area (Å²) < 4.78 is 0. The summed E-state index contributed by atoms with van der Waals surface area (Å²) in [6.07, 6.45) is 0. The first-order chi connectivity index (χ1) is 7.04. The molecule has 5 heteroatoms. The van der Waals surface area contributed by atoms with Gasteiger partial charge < -0.3 is 11.1 Å². The Kier molecular flexibility index (Phi) is 6.41. The van der Waals surface area contributed by atoms with E-state index in [4.69, 9.17) is 17.3 Å². The molecule has 0 saturated heterocycles. The van der Waals surface area contributed by atoms with Gasteiger partial charge in [0.2, 0.25) is 5.91 Å². The highest BCUT2D eigenvalue weighted by molar-refractivity contribution is 6.30. The van der Waals surface area contributed by atoms with E-state index in [0.717, 1.165) is 11.3 Å². The predicted octanol–water partition coefficient (Wildman–Crippen LogP) is 2.60. The van der Waals surface area contributed by atoms with Crippen molar-refractivity contribution in [2.45, 2.75) is 13.8 Å². The van der Waals surface area contributed by atoms with Crippen LogP contribution in [0.15, 0.2) is 18.2 Å². The highest BCUT2D eigenvalue weighted by atomic mass is 35.5. The molecule has 1 atom stereocenters. The maximum absolute atomic E-state index is 11.6. The molecule has 1 aromatic rings. The van der Waals surface area contributed by atoms with E-state index >= 15 is 0 Å². The first-order valence-electron chi connectivity index (χ1n) is 4.81. The van der Waals surface area contributed by atoms with Crippen LogP contribution in [0.4, 0.5) is 5.69 Å². The van der Waals surface area contributed by atoms with Crippen LogP contribution in [-0.4, -0.2) is 12.5 Å². The lowest BCUT2D eigenvalue weighted by molar-refractivity contribution is -0.119. The Balaban J connectivity index is 0.00000225. The van der Waals surface area contributed by atoms with Crippen molar-refractivity contribution in [2.24, 2.45) is 11.7 Å². The van der Waals surface area contributed by atoms with E-state index in [9.17, 15) is 4.79 Å². The zero-order valence-electron chi connectivity index (χ0n) is 9.29. The van der Waals surface area contributed by atoms with Gasteiger partial charge in [-0.25, -0.2) is 0 Å². The lowest BCUT2D eigenvalue weighted by atomic mass is 10.1. The molecule has 90 valence electrons. The summed E-state index contributed by atoms with van der Waals surface area (Å²) in [7, 11) is 0. The molecule has 0 aliphatic carbocycles. The van der Waals surface area contributed by atoms with Crippen molar-refractivity contribution in [3.63, 3.8) is 0 Å². The summed E-state index contributed by atoms with van der Waals surface area (Å²) in [5, 5.41) is 3.47. The van der Waals surface area contributed by atoms with E-state index in [-0.39, 0.29) is 24.2 Å². The molecule has 1 amide bonds. The molecule has 0 saturated carbocycles. The fourth-order valence-corrected chi connectivity index (χ4v) is 1.36. The smallest absolute Gasteiger partial charge is 0.228 e. The van der Waals surface area contributed by atoms with Crippen LogP contribution in [0.3, 0.4) is 0 Å². The molecule has 0 aliphatic rings. The van der Waals surface area contributed by atoms with Crippen LogP contribution in [0, 0.1) is 12.8 Å². The van der Waals surface area contributed by atoms with E-state index in [0.29, 0.717) is 11.6 Å². The zero-order valence-corrected chi connectivity index (χ0v) is 10.9. The van der Waals surface area contributed by atoms with E-state index < -0.39 is 0 Å². The van der Waals surface area contributed by atoms with Gasteiger partial charge in [-0.3, -0.25) is 4.79 Å². The number of carbonyl (C=O) groups excluding carboxylic acids is 1. The van der Waals surface area contributed by atoms with Crippen LogP contribution in [-0.2, 0) is 4.79 Å². The molecule has 3 N–H and O–H groups in total. The maximum Gasteiger partial charge on any atom is 0.228 e. The molecule has 0 bridgehead atoms. The standard InChI is InChI=1S/C11H15ClN2O.ClH/c1-7-5-9(12)3-4-10(7)14-11(15)8(2)6-13;/h3-5,8H,6,13H2,1-2H3,(H,14,15);1H. The fourth-order valence-electron chi connectivity index (χ4n) is 1.13. The minimum atomic E-state index is -0.180. The minimum absolute atomic E-state index is 0. The second kappa shape index (κ2) is 6.74. The summed E-state index contributed by atoms with van der Waals surface area (Å²) >= 11 is 5.81. The predicted molar refractivity (Wildman–Crippen MR) is 70.3 cm³/mol. The van der Waals surface area contributed by atoms with Crippen molar-refractivity contribution >= 4 is 35.6 Å². The fraction of sp³-hybridized carbons (Fsp3) is 0.364. The molecule has 1 rings (SSSR count). The van der Waals surface area contributed by atoms with Crippen molar-refractivity contribution in [1.82, 2.24) is 0 Å². The van der Waals surface area contributed by atoms with Gasteiger partial charge in [0.1, 0.15) is 0 Å². The number of hydrogen-bond donors (Lipinski definition) is 2. The summed E-state index contributed by atoms with van der Waals surface area (Å²) in [5.41, 5.74) is 7.13. The molecule has 3 nitrogen and oxygen atoms in total. The van der Waals surface area contributed by atoms with Crippen LogP contribution in [0.5, 0.6) is 0 Å². The third kappa shape index (κ3) is 4.00. The van der Waals surface area contributed by atoms with Gasteiger partial charge in [0.05, 0.1) is 0 Å². The minimum Gasteiger partial charge on any atom is -0.330 e. The van der Waals surface area contributed by atoms with Crippen molar-refractivity contribution in [3.05, 3.63) is 28.8 Å². The lowest BCUT2D eigenvalue weighted by Crippen LogP contribution is -2.26.